The fourth-order valence-corrected chi connectivity index (χ4v) is 3.88. The van der Waals surface area contributed by atoms with Crippen molar-refractivity contribution in [3.63, 3.8) is 0 Å². The molecular weight excluding hydrogens is 500 g/mol. The number of amides is 1. The van der Waals surface area contributed by atoms with Crippen molar-refractivity contribution in [1.82, 2.24) is 10.2 Å². The van der Waals surface area contributed by atoms with E-state index in [0.29, 0.717) is 52.8 Å². The highest BCUT2D eigenvalue weighted by atomic mass is 35.5. The molecule has 36 heavy (non-hydrogen) atoms. The Bertz CT molecular complexity index is 1280. The topological polar surface area (TPSA) is 106 Å². The fourth-order valence-electron chi connectivity index (χ4n) is 3.02. The van der Waals surface area contributed by atoms with E-state index in [2.05, 4.69) is 15.5 Å². The van der Waals surface area contributed by atoms with Crippen LogP contribution in [0.3, 0.4) is 0 Å². The van der Waals surface area contributed by atoms with Crippen LogP contribution in [0.4, 0.5) is 5.13 Å². The monoisotopic (exact) mass is 526 g/mol. The Kier molecular flexibility index (Phi) is 9.68. The second-order valence-electron chi connectivity index (χ2n) is 7.97. The van der Waals surface area contributed by atoms with Gasteiger partial charge in [0.15, 0.2) is 11.5 Å². The first-order chi connectivity index (χ1) is 17.3. The van der Waals surface area contributed by atoms with Gasteiger partial charge in [0.2, 0.25) is 5.13 Å². The van der Waals surface area contributed by atoms with Gasteiger partial charge in [0.05, 0.1) is 6.61 Å². The number of nitriles is 1. The van der Waals surface area contributed by atoms with Crippen molar-refractivity contribution < 1.29 is 19.0 Å². The standard InChI is InChI=1S/C26H27ClN4O4S/c1-5-33-23-14-18(13-19(15-28)24(32)29-26-31-30-25(36-26)16(2)3)6-9-22(23)35-11-10-34-20-7-8-21(27)17(4)12-20/h6-9,12-14,16H,5,10-11H2,1-4H3,(H,29,31,32)/b19-13-. The van der Waals surface area contributed by atoms with Crippen LogP contribution in [0.15, 0.2) is 42.0 Å². The van der Waals surface area contributed by atoms with E-state index in [4.69, 9.17) is 25.8 Å². The average molecular weight is 527 g/mol. The van der Waals surface area contributed by atoms with Crippen LogP contribution in [0.25, 0.3) is 6.08 Å². The minimum Gasteiger partial charge on any atom is -0.490 e. The molecule has 188 valence electrons. The molecule has 0 unspecified atom stereocenters. The van der Waals surface area contributed by atoms with Gasteiger partial charge in [-0.15, -0.1) is 10.2 Å². The molecule has 3 aromatic rings. The van der Waals surface area contributed by atoms with E-state index in [9.17, 15) is 10.1 Å². The Morgan fingerprint density at radius 1 is 1.14 bits per heavy atom. The molecule has 3 rings (SSSR count). The van der Waals surface area contributed by atoms with Crippen LogP contribution in [-0.4, -0.2) is 35.9 Å². The number of aryl methyl sites for hydroxylation is 1. The zero-order valence-corrected chi connectivity index (χ0v) is 22.1. The molecule has 2 aromatic carbocycles. The molecule has 0 aliphatic rings. The third-order valence-corrected chi connectivity index (χ3v) is 6.40. The van der Waals surface area contributed by atoms with Crippen LogP contribution in [-0.2, 0) is 4.79 Å². The highest BCUT2D eigenvalue weighted by Gasteiger charge is 2.15. The molecule has 10 heteroatoms. The van der Waals surface area contributed by atoms with E-state index in [1.165, 1.54) is 17.4 Å². The molecule has 0 saturated carbocycles. The maximum absolute atomic E-state index is 12.6. The van der Waals surface area contributed by atoms with Crippen molar-refractivity contribution in [3.05, 3.63) is 63.1 Å². The fraction of sp³-hybridized carbons (Fsp3) is 0.308. The SMILES string of the molecule is CCOc1cc(/C=C(/C#N)C(=O)Nc2nnc(C(C)C)s2)ccc1OCCOc1ccc(Cl)c(C)c1. The number of carbonyl (C=O) groups is 1. The number of anilines is 1. The largest absolute Gasteiger partial charge is 0.490 e. The van der Waals surface area contributed by atoms with E-state index < -0.39 is 5.91 Å². The smallest absolute Gasteiger partial charge is 0.268 e. The van der Waals surface area contributed by atoms with Gasteiger partial charge in [-0.05, 0) is 61.4 Å². The molecule has 1 N–H and O–H groups in total. The molecule has 1 heterocycles. The summed E-state index contributed by atoms with van der Waals surface area (Å²) in [5.41, 5.74) is 1.48. The van der Waals surface area contributed by atoms with Gasteiger partial charge in [-0.3, -0.25) is 10.1 Å². The quantitative estimate of drug-likeness (QED) is 0.185. The van der Waals surface area contributed by atoms with Crippen molar-refractivity contribution in [1.29, 1.82) is 5.26 Å². The summed E-state index contributed by atoms with van der Waals surface area (Å²) >= 11 is 7.32. The lowest BCUT2D eigenvalue weighted by Gasteiger charge is -2.13. The summed E-state index contributed by atoms with van der Waals surface area (Å²) in [4.78, 5) is 12.6. The van der Waals surface area contributed by atoms with Crippen LogP contribution in [0, 0.1) is 18.3 Å². The summed E-state index contributed by atoms with van der Waals surface area (Å²) in [5.74, 6) is 1.38. The molecular formula is C26H27ClN4O4S. The first kappa shape index (κ1) is 27.0. The Hall–Kier alpha value is -3.61. The number of hydrogen-bond acceptors (Lipinski definition) is 8. The number of rotatable bonds is 11. The van der Waals surface area contributed by atoms with Gasteiger partial charge in [-0.2, -0.15) is 5.26 Å². The van der Waals surface area contributed by atoms with Crippen molar-refractivity contribution in [2.75, 3.05) is 25.1 Å². The minimum absolute atomic E-state index is 0.0703. The predicted molar refractivity (Wildman–Crippen MR) is 141 cm³/mol. The molecule has 0 atom stereocenters. The summed E-state index contributed by atoms with van der Waals surface area (Å²) in [6.45, 7) is 8.80. The van der Waals surface area contributed by atoms with Crippen molar-refractivity contribution in [2.24, 2.45) is 0 Å². The maximum Gasteiger partial charge on any atom is 0.268 e. The Morgan fingerprint density at radius 3 is 2.58 bits per heavy atom. The molecule has 0 radical (unpaired) electrons. The van der Waals surface area contributed by atoms with E-state index >= 15 is 0 Å². The molecule has 1 amide bonds. The zero-order valence-electron chi connectivity index (χ0n) is 20.5. The molecule has 0 bridgehead atoms. The maximum atomic E-state index is 12.6. The first-order valence-corrected chi connectivity index (χ1v) is 12.5. The Balaban J connectivity index is 1.65. The van der Waals surface area contributed by atoms with E-state index in [1.807, 2.05) is 39.8 Å². The Morgan fingerprint density at radius 2 is 1.92 bits per heavy atom. The van der Waals surface area contributed by atoms with Crippen LogP contribution in [0.5, 0.6) is 17.2 Å². The number of carbonyl (C=O) groups excluding carboxylic acids is 1. The molecule has 0 aliphatic carbocycles. The third kappa shape index (κ3) is 7.44. The summed E-state index contributed by atoms with van der Waals surface area (Å²) < 4.78 is 17.3. The van der Waals surface area contributed by atoms with Gasteiger partial charge in [-0.25, -0.2) is 0 Å². The summed E-state index contributed by atoms with van der Waals surface area (Å²) in [6.07, 6.45) is 1.48. The molecule has 0 aliphatic heterocycles. The number of benzene rings is 2. The van der Waals surface area contributed by atoms with Gasteiger partial charge in [-0.1, -0.05) is 42.9 Å². The molecule has 0 saturated heterocycles. The van der Waals surface area contributed by atoms with Crippen LogP contribution >= 0.6 is 22.9 Å². The van der Waals surface area contributed by atoms with Crippen molar-refractivity contribution >= 4 is 40.1 Å². The lowest BCUT2D eigenvalue weighted by Crippen LogP contribution is -2.13. The number of nitrogens with one attached hydrogen (secondary N) is 1. The molecule has 0 fully saturated rings. The molecule has 1 aromatic heterocycles. The number of nitrogens with zero attached hydrogens (tertiary/aromatic N) is 3. The molecule has 8 nitrogen and oxygen atoms in total. The van der Waals surface area contributed by atoms with Crippen LogP contribution in [0.2, 0.25) is 5.02 Å². The normalized spacial score (nSPS) is 11.2. The molecule has 0 spiro atoms. The number of ether oxygens (including phenoxy) is 3. The van der Waals surface area contributed by atoms with Gasteiger partial charge >= 0.3 is 0 Å². The van der Waals surface area contributed by atoms with Crippen LogP contribution < -0.4 is 19.5 Å². The zero-order chi connectivity index (χ0) is 26.1. The van der Waals surface area contributed by atoms with E-state index in [0.717, 1.165) is 10.6 Å². The number of aromatic nitrogens is 2. The van der Waals surface area contributed by atoms with Gasteiger partial charge < -0.3 is 14.2 Å². The van der Waals surface area contributed by atoms with Gasteiger partial charge in [0, 0.05) is 10.9 Å². The highest BCUT2D eigenvalue weighted by molar-refractivity contribution is 7.15. The minimum atomic E-state index is -0.558. The summed E-state index contributed by atoms with van der Waals surface area (Å²) in [6, 6.07) is 12.6. The lowest BCUT2D eigenvalue weighted by atomic mass is 10.1. The summed E-state index contributed by atoms with van der Waals surface area (Å²) in [5, 5.41) is 22.0. The lowest BCUT2D eigenvalue weighted by molar-refractivity contribution is -0.112. The number of halogens is 1. The predicted octanol–water partition coefficient (Wildman–Crippen LogP) is 6.03. The Labute approximate surface area is 219 Å². The average Bonchev–Trinajstić information content (AvgIpc) is 3.32. The highest BCUT2D eigenvalue weighted by Crippen LogP contribution is 2.30. The second kappa shape index (κ2) is 12.9. The van der Waals surface area contributed by atoms with E-state index in [1.54, 1.807) is 30.3 Å². The number of hydrogen-bond donors (Lipinski definition) is 1. The van der Waals surface area contributed by atoms with Crippen molar-refractivity contribution in [3.8, 4) is 23.3 Å². The second-order valence-corrected chi connectivity index (χ2v) is 9.39. The summed E-state index contributed by atoms with van der Waals surface area (Å²) in [7, 11) is 0. The van der Waals surface area contributed by atoms with Crippen molar-refractivity contribution in [2.45, 2.75) is 33.6 Å². The van der Waals surface area contributed by atoms with Gasteiger partial charge in [0.25, 0.3) is 5.91 Å². The third-order valence-electron chi connectivity index (χ3n) is 4.84. The first-order valence-electron chi connectivity index (χ1n) is 11.4. The van der Waals surface area contributed by atoms with Crippen LogP contribution in [0.1, 0.15) is 42.8 Å². The van der Waals surface area contributed by atoms with Gasteiger partial charge in [0.1, 0.15) is 35.6 Å². The van der Waals surface area contributed by atoms with E-state index in [-0.39, 0.29) is 11.5 Å².